The minimum absolute atomic E-state index is 0.755. The topological polar surface area (TPSA) is 108 Å². The molecular formula is C9H11NO5. The lowest BCUT2D eigenvalue weighted by Gasteiger charge is -1.97. The second-order valence-corrected chi connectivity index (χ2v) is 2.48. The van der Waals surface area contributed by atoms with Crippen molar-refractivity contribution in [3.63, 3.8) is 0 Å². The summed E-state index contributed by atoms with van der Waals surface area (Å²) in [6, 6.07) is 5.72. The Morgan fingerprint density at radius 3 is 1.80 bits per heavy atom. The van der Waals surface area contributed by atoms with Crippen LogP contribution in [0.1, 0.15) is 6.42 Å². The first-order chi connectivity index (χ1) is 7.04. The number of aliphatic carboxylic acids is 2. The van der Waals surface area contributed by atoms with Crippen LogP contribution in [0.5, 0.6) is 0 Å². The Hall–Kier alpha value is -1.95. The molecule has 0 saturated carbocycles. The van der Waals surface area contributed by atoms with Crippen molar-refractivity contribution in [3.05, 3.63) is 30.6 Å². The Morgan fingerprint density at radius 1 is 1.13 bits per heavy atom. The molecule has 0 spiro atoms. The van der Waals surface area contributed by atoms with Crippen LogP contribution in [0, 0.1) is 0 Å². The Morgan fingerprint density at radius 2 is 1.67 bits per heavy atom. The molecule has 15 heavy (non-hydrogen) atoms. The standard InChI is InChI=1S/C5H5N.C4H6O5/c1-2-4-6-5-3-1;5-2(4(8)9)1-3(6)7/h1-5H;2,5H,1H2,(H,6,7)(H,8,9). The molecule has 0 aliphatic carbocycles. The van der Waals surface area contributed by atoms with Crippen molar-refractivity contribution in [3.8, 4) is 0 Å². The molecule has 6 nitrogen and oxygen atoms in total. The van der Waals surface area contributed by atoms with E-state index in [2.05, 4.69) is 4.98 Å². The van der Waals surface area contributed by atoms with E-state index in [0.29, 0.717) is 0 Å². The van der Waals surface area contributed by atoms with Crippen molar-refractivity contribution in [1.82, 2.24) is 4.98 Å². The number of rotatable bonds is 3. The molecule has 82 valence electrons. The van der Waals surface area contributed by atoms with Gasteiger partial charge in [0.25, 0.3) is 0 Å². The molecule has 0 fully saturated rings. The highest BCUT2D eigenvalue weighted by molar-refractivity contribution is 5.79. The number of carboxylic acids is 2. The molecule has 1 atom stereocenters. The number of nitrogens with zero attached hydrogens (tertiary/aromatic N) is 1. The molecule has 0 amide bonds. The van der Waals surface area contributed by atoms with E-state index in [1.807, 2.05) is 18.2 Å². The number of carbonyl (C=O) groups is 2. The lowest BCUT2D eigenvalue weighted by Crippen LogP contribution is -2.22. The van der Waals surface area contributed by atoms with Gasteiger partial charge in [-0.15, -0.1) is 0 Å². The summed E-state index contributed by atoms with van der Waals surface area (Å²) < 4.78 is 0. The quantitative estimate of drug-likeness (QED) is 0.651. The van der Waals surface area contributed by atoms with E-state index >= 15 is 0 Å². The summed E-state index contributed by atoms with van der Waals surface area (Å²) in [6.07, 6.45) is 0.956. The van der Waals surface area contributed by atoms with Crippen molar-refractivity contribution in [2.45, 2.75) is 12.5 Å². The van der Waals surface area contributed by atoms with Crippen LogP contribution in [-0.4, -0.2) is 38.3 Å². The summed E-state index contributed by atoms with van der Waals surface area (Å²) in [5, 5.41) is 24.1. The summed E-state index contributed by atoms with van der Waals surface area (Å²) in [4.78, 5) is 23.2. The van der Waals surface area contributed by atoms with Gasteiger partial charge >= 0.3 is 11.9 Å². The molecule has 1 heterocycles. The molecule has 0 radical (unpaired) electrons. The maximum Gasteiger partial charge on any atom is 0.333 e. The zero-order valence-electron chi connectivity index (χ0n) is 7.78. The molecule has 1 unspecified atom stereocenters. The van der Waals surface area contributed by atoms with Crippen molar-refractivity contribution >= 4 is 11.9 Å². The minimum Gasteiger partial charge on any atom is -0.481 e. The van der Waals surface area contributed by atoms with Crippen molar-refractivity contribution in [1.29, 1.82) is 0 Å². The van der Waals surface area contributed by atoms with Gasteiger partial charge in [-0.05, 0) is 12.1 Å². The van der Waals surface area contributed by atoms with Gasteiger partial charge < -0.3 is 15.3 Å². The molecule has 1 aromatic heterocycles. The number of pyridine rings is 1. The zero-order chi connectivity index (χ0) is 11.7. The number of hydrogen-bond acceptors (Lipinski definition) is 4. The molecule has 1 rings (SSSR count). The van der Waals surface area contributed by atoms with Crippen LogP contribution in [0.15, 0.2) is 30.6 Å². The van der Waals surface area contributed by atoms with Crippen LogP contribution in [0.2, 0.25) is 0 Å². The predicted octanol–water partition coefficient (Wildman–Crippen LogP) is -0.0118. The molecule has 3 N–H and O–H groups in total. The second-order valence-electron chi connectivity index (χ2n) is 2.48. The Labute approximate surface area is 85.8 Å². The average molecular weight is 213 g/mol. The second kappa shape index (κ2) is 7.45. The minimum atomic E-state index is -1.79. The maximum atomic E-state index is 9.72. The summed E-state index contributed by atoms with van der Waals surface area (Å²) in [7, 11) is 0. The van der Waals surface area contributed by atoms with Crippen LogP contribution in [0.4, 0.5) is 0 Å². The third kappa shape index (κ3) is 8.38. The monoisotopic (exact) mass is 213 g/mol. The third-order valence-corrected chi connectivity index (χ3v) is 1.22. The molecule has 1 aromatic rings. The summed E-state index contributed by atoms with van der Waals surface area (Å²) in [6.45, 7) is 0. The number of carboxylic acid groups (broad SMARTS) is 2. The molecule has 0 aliphatic rings. The summed E-state index contributed by atoms with van der Waals surface area (Å²) >= 11 is 0. The largest absolute Gasteiger partial charge is 0.481 e. The fraction of sp³-hybridized carbons (Fsp3) is 0.222. The Balaban J connectivity index is 0.000000280. The van der Waals surface area contributed by atoms with Gasteiger partial charge in [-0.1, -0.05) is 6.07 Å². The third-order valence-electron chi connectivity index (χ3n) is 1.22. The van der Waals surface area contributed by atoms with Gasteiger partial charge in [0.05, 0.1) is 6.42 Å². The fourth-order valence-electron chi connectivity index (χ4n) is 0.565. The molecule has 0 saturated heterocycles. The summed E-state index contributed by atoms with van der Waals surface area (Å²) in [5.74, 6) is -2.85. The Bertz CT molecular complexity index is 274. The molecule has 0 bridgehead atoms. The average Bonchev–Trinajstić information content (AvgIpc) is 2.20. The lowest BCUT2D eigenvalue weighted by atomic mass is 10.3. The highest BCUT2D eigenvalue weighted by Gasteiger charge is 2.16. The van der Waals surface area contributed by atoms with E-state index in [4.69, 9.17) is 15.3 Å². The first-order valence-electron chi connectivity index (χ1n) is 4.01. The van der Waals surface area contributed by atoms with Crippen LogP contribution in [-0.2, 0) is 9.59 Å². The molecule has 0 aromatic carbocycles. The van der Waals surface area contributed by atoms with Gasteiger partial charge in [0.2, 0.25) is 0 Å². The van der Waals surface area contributed by atoms with Crippen LogP contribution >= 0.6 is 0 Å². The molecule has 6 heteroatoms. The fourth-order valence-corrected chi connectivity index (χ4v) is 0.565. The van der Waals surface area contributed by atoms with Gasteiger partial charge in [-0.3, -0.25) is 9.78 Å². The van der Waals surface area contributed by atoms with Gasteiger partial charge in [0, 0.05) is 12.4 Å². The first kappa shape index (κ1) is 13.1. The number of aromatic nitrogens is 1. The molecule has 0 aliphatic heterocycles. The van der Waals surface area contributed by atoms with E-state index in [-0.39, 0.29) is 0 Å². The highest BCUT2D eigenvalue weighted by atomic mass is 16.4. The zero-order valence-corrected chi connectivity index (χ0v) is 7.78. The number of aliphatic hydroxyl groups excluding tert-OH is 1. The molecular weight excluding hydrogens is 202 g/mol. The smallest absolute Gasteiger partial charge is 0.333 e. The maximum absolute atomic E-state index is 9.72. The predicted molar refractivity (Wildman–Crippen MR) is 50.1 cm³/mol. The van der Waals surface area contributed by atoms with Crippen molar-refractivity contribution < 1.29 is 24.9 Å². The highest BCUT2D eigenvalue weighted by Crippen LogP contribution is 1.89. The Kier molecular flexibility index (Phi) is 6.48. The van der Waals surface area contributed by atoms with Gasteiger partial charge in [-0.2, -0.15) is 0 Å². The van der Waals surface area contributed by atoms with E-state index in [1.165, 1.54) is 0 Å². The van der Waals surface area contributed by atoms with Gasteiger partial charge in [0.1, 0.15) is 0 Å². The van der Waals surface area contributed by atoms with E-state index in [0.717, 1.165) is 0 Å². The van der Waals surface area contributed by atoms with Crippen LogP contribution < -0.4 is 0 Å². The number of aliphatic hydroxyl groups is 1. The summed E-state index contributed by atoms with van der Waals surface area (Å²) in [5.41, 5.74) is 0. The normalized spacial score (nSPS) is 10.7. The van der Waals surface area contributed by atoms with Crippen molar-refractivity contribution in [2.75, 3.05) is 0 Å². The van der Waals surface area contributed by atoms with Crippen LogP contribution in [0.3, 0.4) is 0 Å². The lowest BCUT2D eigenvalue weighted by molar-refractivity contribution is -0.152. The van der Waals surface area contributed by atoms with Gasteiger partial charge in [-0.25, -0.2) is 4.79 Å². The van der Waals surface area contributed by atoms with Gasteiger partial charge in [0.15, 0.2) is 6.10 Å². The SMILES string of the molecule is O=C(O)CC(O)C(=O)O.c1ccncc1. The van der Waals surface area contributed by atoms with Crippen LogP contribution in [0.25, 0.3) is 0 Å². The van der Waals surface area contributed by atoms with E-state index in [9.17, 15) is 9.59 Å². The first-order valence-corrected chi connectivity index (χ1v) is 4.01. The van der Waals surface area contributed by atoms with E-state index < -0.39 is 24.5 Å². The van der Waals surface area contributed by atoms with E-state index in [1.54, 1.807) is 12.4 Å². The number of hydrogen-bond donors (Lipinski definition) is 3. The van der Waals surface area contributed by atoms with Crippen molar-refractivity contribution in [2.24, 2.45) is 0 Å².